The maximum Gasteiger partial charge on any atom is 0.251 e. The summed E-state index contributed by atoms with van der Waals surface area (Å²) in [6.45, 7) is 1.36. The van der Waals surface area contributed by atoms with Gasteiger partial charge in [0.1, 0.15) is 0 Å². The first-order valence-corrected chi connectivity index (χ1v) is 6.28. The number of benzene rings is 2. The Morgan fingerprint density at radius 2 is 1.79 bits per heavy atom. The topological polar surface area (TPSA) is 55.1 Å². The van der Waals surface area contributed by atoms with Crippen LogP contribution >= 0.6 is 12.4 Å². The molecule has 0 atom stereocenters. The van der Waals surface area contributed by atoms with E-state index in [0.717, 1.165) is 23.6 Å². The van der Waals surface area contributed by atoms with Crippen molar-refractivity contribution in [3.8, 4) is 0 Å². The minimum Gasteiger partial charge on any atom is -0.352 e. The second kappa shape index (κ2) is 7.77. The second-order valence-corrected chi connectivity index (χ2v) is 4.31. The Kier molecular flexibility index (Phi) is 6.33. The number of carbonyl (C=O) groups is 1. The van der Waals surface area contributed by atoms with Crippen LogP contribution in [0, 0.1) is 0 Å². The van der Waals surface area contributed by atoms with Crippen molar-refractivity contribution in [2.75, 3.05) is 13.1 Å². The standard InChI is InChI=1S/C15H18N2O.ClH/c16-9-3-4-10-17-15(18)14-8-7-12-5-1-2-6-13(12)11-14;/h1-2,5-8,11H,3-4,9-10,16H2,(H,17,18);1H. The van der Waals surface area contributed by atoms with Gasteiger partial charge >= 0.3 is 0 Å². The van der Waals surface area contributed by atoms with E-state index in [9.17, 15) is 4.79 Å². The maximum absolute atomic E-state index is 11.9. The summed E-state index contributed by atoms with van der Waals surface area (Å²) in [5, 5.41) is 5.14. The molecule has 2 aromatic carbocycles. The van der Waals surface area contributed by atoms with Gasteiger partial charge in [0.2, 0.25) is 0 Å². The normalized spacial score (nSPS) is 9.95. The molecule has 3 nitrogen and oxygen atoms in total. The van der Waals surface area contributed by atoms with Crippen LogP contribution in [-0.2, 0) is 0 Å². The molecule has 0 aromatic heterocycles. The molecule has 0 saturated heterocycles. The number of hydrogen-bond acceptors (Lipinski definition) is 2. The third kappa shape index (κ3) is 4.23. The molecule has 0 spiro atoms. The summed E-state index contributed by atoms with van der Waals surface area (Å²) in [5.41, 5.74) is 6.12. The first-order chi connectivity index (χ1) is 8.81. The highest BCUT2D eigenvalue weighted by Crippen LogP contribution is 2.15. The van der Waals surface area contributed by atoms with Gasteiger partial charge in [-0.2, -0.15) is 0 Å². The molecular weight excluding hydrogens is 260 g/mol. The summed E-state index contributed by atoms with van der Waals surface area (Å²) >= 11 is 0. The smallest absolute Gasteiger partial charge is 0.251 e. The van der Waals surface area contributed by atoms with Crippen molar-refractivity contribution in [1.82, 2.24) is 5.32 Å². The lowest BCUT2D eigenvalue weighted by Crippen LogP contribution is -2.24. The molecule has 0 heterocycles. The Balaban J connectivity index is 0.00000180. The third-order valence-corrected chi connectivity index (χ3v) is 2.93. The number of rotatable bonds is 5. The molecule has 2 rings (SSSR count). The van der Waals surface area contributed by atoms with Crippen LogP contribution in [0.3, 0.4) is 0 Å². The minimum atomic E-state index is -0.0159. The summed E-state index contributed by atoms with van der Waals surface area (Å²) in [7, 11) is 0. The summed E-state index contributed by atoms with van der Waals surface area (Å²) in [5.74, 6) is -0.0159. The number of hydrogen-bond donors (Lipinski definition) is 2. The Morgan fingerprint density at radius 3 is 2.53 bits per heavy atom. The van der Waals surface area contributed by atoms with Crippen molar-refractivity contribution in [2.24, 2.45) is 5.73 Å². The van der Waals surface area contributed by atoms with Gasteiger partial charge in [0.25, 0.3) is 5.91 Å². The molecule has 2 aromatic rings. The van der Waals surface area contributed by atoms with Crippen LogP contribution < -0.4 is 11.1 Å². The molecule has 0 fully saturated rings. The highest BCUT2D eigenvalue weighted by atomic mass is 35.5. The van der Waals surface area contributed by atoms with Crippen LogP contribution in [0.2, 0.25) is 0 Å². The SMILES string of the molecule is Cl.NCCCCNC(=O)c1ccc2ccccc2c1. The monoisotopic (exact) mass is 278 g/mol. The molecule has 0 aliphatic rings. The number of unbranched alkanes of at least 4 members (excludes halogenated alkanes) is 1. The van der Waals surface area contributed by atoms with Gasteiger partial charge in [-0.3, -0.25) is 4.79 Å². The molecule has 0 bridgehead atoms. The molecule has 4 heteroatoms. The van der Waals surface area contributed by atoms with E-state index in [1.165, 1.54) is 0 Å². The van der Waals surface area contributed by atoms with E-state index in [4.69, 9.17) is 5.73 Å². The molecule has 19 heavy (non-hydrogen) atoms. The fourth-order valence-electron chi connectivity index (χ4n) is 1.90. The van der Waals surface area contributed by atoms with Gasteiger partial charge in [-0.15, -0.1) is 12.4 Å². The number of nitrogens with two attached hydrogens (primary N) is 1. The molecule has 0 aliphatic heterocycles. The van der Waals surface area contributed by atoms with E-state index in [-0.39, 0.29) is 18.3 Å². The largest absolute Gasteiger partial charge is 0.352 e. The molecule has 0 saturated carbocycles. The number of nitrogens with one attached hydrogen (secondary N) is 1. The second-order valence-electron chi connectivity index (χ2n) is 4.31. The number of halogens is 1. The summed E-state index contributed by atoms with van der Waals surface area (Å²) in [4.78, 5) is 11.9. The Morgan fingerprint density at radius 1 is 1.05 bits per heavy atom. The van der Waals surface area contributed by atoms with Crippen molar-refractivity contribution >= 4 is 29.1 Å². The predicted octanol–water partition coefficient (Wildman–Crippen LogP) is 2.73. The van der Waals surface area contributed by atoms with Gasteiger partial charge in [-0.25, -0.2) is 0 Å². The van der Waals surface area contributed by atoms with Crippen molar-refractivity contribution < 1.29 is 4.79 Å². The lowest BCUT2D eigenvalue weighted by atomic mass is 10.1. The van der Waals surface area contributed by atoms with Crippen LogP contribution in [0.1, 0.15) is 23.2 Å². The fraction of sp³-hybridized carbons (Fsp3) is 0.267. The zero-order chi connectivity index (χ0) is 12.8. The molecule has 1 amide bonds. The van der Waals surface area contributed by atoms with Crippen molar-refractivity contribution in [1.29, 1.82) is 0 Å². The molecule has 0 aliphatic carbocycles. The van der Waals surface area contributed by atoms with Gasteiger partial charge in [-0.1, -0.05) is 30.3 Å². The number of amides is 1. The van der Waals surface area contributed by atoms with Crippen LogP contribution in [0.15, 0.2) is 42.5 Å². The van der Waals surface area contributed by atoms with E-state index >= 15 is 0 Å². The lowest BCUT2D eigenvalue weighted by Gasteiger charge is -2.05. The Bertz CT molecular complexity index is 542. The van der Waals surface area contributed by atoms with Crippen molar-refractivity contribution in [3.05, 3.63) is 48.0 Å². The van der Waals surface area contributed by atoms with Gasteiger partial charge in [-0.05, 0) is 42.3 Å². The summed E-state index contributed by atoms with van der Waals surface area (Å²) in [6.07, 6.45) is 1.87. The minimum absolute atomic E-state index is 0. The quantitative estimate of drug-likeness (QED) is 0.827. The lowest BCUT2D eigenvalue weighted by molar-refractivity contribution is 0.0953. The Labute approximate surface area is 119 Å². The van der Waals surface area contributed by atoms with Crippen molar-refractivity contribution in [2.45, 2.75) is 12.8 Å². The van der Waals surface area contributed by atoms with Crippen LogP contribution in [0.25, 0.3) is 10.8 Å². The highest BCUT2D eigenvalue weighted by Gasteiger charge is 2.05. The van der Waals surface area contributed by atoms with Gasteiger partial charge in [0, 0.05) is 12.1 Å². The van der Waals surface area contributed by atoms with Crippen LogP contribution in [0.4, 0.5) is 0 Å². The fourth-order valence-corrected chi connectivity index (χ4v) is 1.90. The van der Waals surface area contributed by atoms with Gasteiger partial charge < -0.3 is 11.1 Å². The molecule has 0 radical (unpaired) electrons. The zero-order valence-electron chi connectivity index (χ0n) is 10.8. The molecule has 3 N–H and O–H groups in total. The number of fused-ring (bicyclic) bond motifs is 1. The van der Waals surface area contributed by atoms with E-state index in [1.54, 1.807) is 0 Å². The first-order valence-electron chi connectivity index (χ1n) is 6.28. The predicted molar refractivity (Wildman–Crippen MR) is 81.8 cm³/mol. The van der Waals surface area contributed by atoms with Gasteiger partial charge in [0.15, 0.2) is 0 Å². The third-order valence-electron chi connectivity index (χ3n) is 2.93. The van der Waals surface area contributed by atoms with Crippen LogP contribution in [0.5, 0.6) is 0 Å². The summed E-state index contributed by atoms with van der Waals surface area (Å²) in [6, 6.07) is 13.8. The molecule has 102 valence electrons. The Hall–Kier alpha value is -1.58. The van der Waals surface area contributed by atoms with Gasteiger partial charge in [0.05, 0.1) is 0 Å². The molecular formula is C15H19ClN2O. The highest BCUT2D eigenvalue weighted by molar-refractivity contribution is 5.98. The van der Waals surface area contributed by atoms with E-state index < -0.39 is 0 Å². The van der Waals surface area contributed by atoms with Crippen LogP contribution in [-0.4, -0.2) is 19.0 Å². The first kappa shape index (κ1) is 15.5. The van der Waals surface area contributed by atoms with E-state index in [2.05, 4.69) is 5.32 Å². The average molecular weight is 279 g/mol. The maximum atomic E-state index is 11.9. The summed E-state index contributed by atoms with van der Waals surface area (Å²) < 4.78 is 0. The van der Waals surface area contributed by atoms with E-state index in [0.29, 0.717) is 18.7 Å². The average Bonchev–Trinajstić information content (AvgIpc) is 2.43. The van der Waals surface area contributed by atoms with Crippen molar-refractivity contribution in [3.63, 3.8) is 0 Å². The van der Waals surface area contributed by atoms with E-state index in [1.807, 2.05) is 42.5 Å². The zero-order valence-corrected chi connectivity index (χ0v) is 11.6. The molecule has 0 unspecified atom stereocenters. The number of carbonyl (C=O) groups excluding carboxylic acids is 1.